The maximum Gasteiger partial charge on any atom is 0.239 e. The van der Waals surface area contributed by atoms with Gasteiger partial charge in [0.15, 0.2) is 11.5 Å². The van der Waals surface area contributed by atoms with E-state index >= 15 is 0 Å². The minimum Gasteiger partial charge on any atom is -0.492 e. The molecular formula is C11H11N4O2. The highest BCUT2D eigenvalue weighted by Gasteiger charge is 2.23. The van der Waals surface area contributed by atoms with Crippen molar-refractivity contribution < 1.29 is 9.63 Å². The molecule has 1 unspecified atom stereocenters. The van der Waals surface area contributed by atoms with Crippen LogP contribution in [0.4, 0.5) is 0 Å². The van der Waals surface area contributed by atoms with Crippen molar-refractivity contribution in [3.8, 4) is 17.3 Å². The van der Waals surface area contributed by atoms with E-state index in [1.807, 2.05) is 0 Å². The Bertz CT molecular complexity index is 520. The zero-order valence-electron chi connectivity index (χ0n) is 9.08. The zero-order chi connectivity index (χ0) is 11.7. The average molecular weight is 231 g/mol. The number of hydrogen-bond donors (Lipinski definition) is 1. The van der Waals surface area contributed by atoms with Crippen LogP contribution in [0.5, 0.6) is 5.88 Å². The third kappa shape index (κ3) is 1.87. The fraction of sp³-hybridized carbons (Fsp3) is 0.364. The second kappa shape index (κ2) is 4.14. The molecule has 6 nitrogen and oxygen atoms in total. The van der Waals surface area contributed by atoms with E-state index in [0.717, 1.165) is 25.1 Å². The summed E-state index contributed by atoms with van der Waals surface area (Å²) in [6.45, 7) is 0.872. The van der Waals surface area contributed by atoms with Gasteiger partial charge in [-0.05, 0) is 12.8 Å². The monoisotopic (exact) mass is 231 g/mol. The molecular weight excluding hydrogens is 220 g/mol. The van der Waals surface area contributed by atoms with Crippen molar-refractivity contribution in [1.29, 1.82) is 0 Å². The molecule has 1 fully saturated rings. The molecule has 0 aliphatic carbocycles. The smallest absolute Gasteiger partial charge is 0.239 e. The predicted molar refractivity (Wildman–Crippen MR) is 58.2 cm³/mol. The fourth-order valence-corrected chi connectivity index (χ4v) is 1.92. The summed E-state index contributed by atoms with van der Waals surface area (Å²) < 4.78 is 5.24. The molecule has 0 amide bonds. The topological polar surface area (TPSA) is 86.1 Å². The standard InChI is InChI=1S/C11H11N4O2/c16-11-10(13-4-5-14-11)8-6-9(17-15-8)7-2-1-3-12-7/h4-7H,1-3H2,(H,14,16). The van der Waals surface area contributed by atoms with Gasteiger partial charge in [-0.1, -0.05) is 5.16 Å². The van der Waals surface area contributed by atoms with E-state index in [1.165, 1.54) is 12.4 Å². The largest absolute Gasteiger partial charge is 0.492 e. The lowest BCUT2D eigenvalue weighted by Crippen LogP contribution is -2.03. The van der Waals surface area contributed by atoms with E-state index < -0.39 is 0 Å². The second-order valence-electron chi connectivity index (χ2n) is 3.91. The van der Waals surface area contributed by atoms with Gasteiger partial charge in [0.1, 0.15) is 5.69 Å². The Morgan fingerprint density at radius 3 is 2.94 bits per heavy atom. The van der Waals surface area contributed by atoms with Gasteiger partial charge in [-0.15, -0.1) is 0 Å². The first-order valence-electron chi connectivity index (χ1n) is 5.48. The maximum absolute atomic E-state index is 9.56. The Labute approximate surface area is 97.7 Å². The van der Waals surface area contributed by atoms with Gasteiger partial charge in [-0.3, -0.25) is 0 Å². The summed E-state index contributed by atoms with van der Waals surface area (Å²) in [6.07, 6.45) is 4.99. The van der Waals surface area contributed by atoms with Crippen molar-refractivity contribution >= 4 is 0 Å². The highest BCUT2D eigenvalue weighted by Crippen LogP contribution is 2.29. The minimum atomic E-state index is -0.143. The summed E-state index contributed by atoms with van der Waals surface area (Å²) in [5.74, 6) is 0.582. The summed E-state index contributed by atoms with van der Waals surface area (Å²) >= 11 is 0. The van der Waals surface area contributed by atoms with Crippen LogP contribution in [-0.2, 0) is 0 Å². The molecule has 1 N–H and O–H groups in total. The van der Waals surface area contributed by atoms with Crippen molar-refractivity contribution in [2.45, 2.75) is 18.9 Å². The number of hydrogen-bond acceptors (Lipinski definition) is 5. The van der Waals surface area contributed by atoms with Crippen LogP contribution in [0.15, 0.2) is 23.0 Å². The van der Waals surface area contributed by atoms with Crippen molar-refractivity contribution in [1.82, 2.24) is 20.4 Å². The Kier molecular flexibility index (Phi) is 2.49. The first-order valence-corrected chi connectivity index (χ1v) is 5.48. The normalized spacial score (nSPS) is 19.6. The van der Waals surface area contributed by atoms with E-state index in [1.54, 1.807) is 6.07 Å². The number of rotatable bonds is 2. The molecule has 1 aliphatic rings. The van der Waals surface area contributed by atoms with Crippen LogP contribution < -0.4 is 5.32 Å². The third-order valence-corrected chi connectivity index (χ3v) is 2.76. The predicted octanol–water partition coefficient (Wildman–Crippen LogP) is 1.28. The summed E-state index contributed by atoms with van der Waals surface area (Å²) in [5.41, 5.74) is 0.827. The molecule has 6 heteroatoms. The first-order chi connectivity index (χ1) is 8.34. The van der Waals surface area contributed by atoms with Crippen LogP contribution in [0, 0.1) is 0 Å². The molecule has 2 aromatic rings. The van der Waals surface area contributed by atoms with Crippen LogP contribution >= 0.6 is 0 Å². The Morgan fingerprint density at radius 2 is 2.18 bits per heavy atom. The molecule has 17 heavy (non-hydrogen) atoms. The van der Waals surface area contributed by atoms with Crippen LogP contribution in [-0.4, -0.2) is 26.8 Å². The number of nitrogens with zero attached hydrogens (tertiary/aromatic N) is 4. The van der Waals surface area contributed by atoms with Gasteiger partial charge in [0, 0.05) is 25.0 Å². The lowest BCUT2D eigenvalue weighted by Gasteiger charge is -2.00. The molecule has 87 valence electrons. The van der Waals surface area contributed by atoms with E-state index in [-0.39, 0.29) is 11.9 Å². The summed E-state index contributed by atoms with van der Waals surface area (Å²) in [7, 11) is 0. The third-order valence-electron chi connectivity index (χ3n) is 2.76. The summed E-state index contributed by atoms with van der Waals surface area (Å²) in [4.78, 5) is 7.77. The second-order valence-corrected chi connectivity index (χ2v) is 3.91. The van der Waals surface area contributed by atoms with Crippen LogP contribution in [0.3, 0.4) is 0 Å². The summed E-state index contributed by atoms with van der Waals surface area (Å²) in [5, 5.41) is 17.9. The van der Waals surface area contributed by atoms with Crippen molar-refractivity contribution in [3.05, 3.63) is 24.2 Å². The molecule has 0 bridgehead atoms. The van der Waals surface area contributed by atoms with E-state index in [2.05, 4.69) is 20.4 Å². The van der Waals surface area contributed by atoms with Gasteiger partial charge in [0.25, 0.3) is 0 Å². The molecule has 3 rings (SSSR count). The molecule has 1 radical (unpaired) electrons. The Morgan fingerprint density at radius 1 is 1.29 bits per heavy atom. The van der Waals surface area contributed by atoms with Gasteiger partial charge < -0.3 is 9.63 Å². The average Bonchev–Trinajstić information content (AvgIpc) is 3.00. The van der Waals surface area contributed by atoms with Crippen molar-refractivity contribution in [2.24, 2.45) is 0 Å². The zero-order valence-corrected chi connectivity index (χ0v) is 9.08. The van der Waals surface area contributed by atoms with Crippen molar-refractivity contribution in [3.63, 3.8) is 0 Å². The molecule has 0 aromatic carbocycles. The molecule has 0 saturated carbocycles. The minimum absolute atomic E-state index is 0.0927. The number of aromatic nitrogens is 3. The van der Waals surface area contributed by atoms with Gasteiger partial charge in [-0.2, -0.15) is 0 Å². The van der Waals surface area contributed by atoms with Gasteiger partial charge in [0.05, 0.1) is 6.04 Å². The lowest BCUT2D eigenvalue weighted by atomic mass is 10.1. The van der Waals surface area contributed by atoms with Crippen LogP contribution in [0.1, 0.15) is 24.6 Å². The van der Waals surface area contributed by atoms with Crippen molar-refractivity contribution in [2.75, 3.05) is 6.54 Å². The molecule has 3 heterocycles. The summed E-state index contributed by atoms with van der Waals surface area (Å²) in [6, 6.07) is 1.86. The highest BCUT2D eigenvalue weighted by molar-refractivity contribution is 5.59. The van der Waals surface area contributed by atoms with Gasteiger partial charge in [-0.25, -0.2) is 15.3 Å². The van der Waals surface area contributed by atoms with Crippen LogP contribution in [0.25, 0.3) is 11.4 Å². The SMILES string of the molecule is Oc1nccnc1-c1cc(C2CCC[N]2)on1. The van der Waals surface area contributed by atoms with E-state index in [4.69, 9.17) is 4.52 Å². The Hall–Kier alpha value is -1.95. The fourth-order valence-electron chi connectivity index (χ4n) is 1.92. The quantitative estimate of drug-likeness (QED) is 0.841. The first kappa shape index (κ1) is 10.2. The molecule has 2 aromatic heterocycles. The molecule has 0 spiro atoms. The van der Waals surface area contributed by atoms with Gasteiger partial charge in [0.2, 0.25) is 5.88 Å². The number of aromatic hydroxyl groups is 1. The van der Waals surface area contributed by atoms with Crippen LogP contribution in [0.2, 0.25) is 0 Å². The highest BCUT2D eigenvalue weighted by atomic mass is 16.5. The molecule has 1 saturated heterocycles. The van der Waals surface area contributed by atoms with E-state index in [0.29, 0.717) is 11.4 Å². The van der Waals surface area contributed by atoms with E-state index in [9.17, 15) is 5.11 Å². The maximum atomic E-state index is 9.56. The lowest BCUT2D eigenvalue weighted by molar-refractivity contribution is 0.351. The molecule has 1 aliphatic heterocycles. The van der Waals surface area contributed by atoms with Gasteiger partial charge >= 0.3 is 0 Å². The molecule has 1 atom stereocenters. The Balaban J connectivity index is 1.92.